The minimum Gasteiger partial charge on any atom is -0.481 e. The third-order valence-corrected chi connectivity index (χ3v) is 6.32. The van der Waals surface area contributed by atoms with Crippen LogP contribution in [0.5, 0.6) is 0 Å². The standard InChI is InChI=1S/C25H29ClO3/c26-22-17-16-18(8-4-1-2-7-11-23(27)28)24(22)19-12-14-21(15-13-19)25(29)20-9-5-3-6-10-20/h1,3-6,9-10,12-15,18,22,24-25,29H,2,7-8,11,16-17H2,(H,27,28). The Morgan fingerprint density at radius 1 is 1.03 bits per heavy atom. The lowest BCUT2D eigenvalue weighted by atomic mass is 9.85. The first-order valence-corrected chi connectivity index (χ1v) is 10.8. The Kier molecular flexibility index (Phi) is 7.91. The van der Waals surface area contributed by atoms with Gasteiger partial charge in [0.2, 0.25) is 0 Å². The molecule has 1 aliphatic carbocycles. The predicted octanol–water partition coefficient (Wildman–Crippen LogP) is 6.07. The van der Waals surface area contributed by atoms with Crippen molar-refractivity contribution in [3.8, 4) is 0 Å². The predicted molar refractivity (Wildman–Crippen MR) is 117 cm³/mol. The van der Waals surface area contributed by atoms with Gasteiger partial charge in [-0.05, 0) is 54.7 Å². The van der Waals surface area contributed by atoms with Crippen LogP contribution in [0.2, 0.25) is 0 Å². The van der Waals surface area contributed by atoms with Crippen LogP contribution in [0.15, 0.2) is 66.7 Å². The van der Waals surface area contributed by atoms with Gasteiger partial charge in [-0.1, -0.05) is 66.7 Å². The molecule has 4 heteroatoms. The van der Waals surface area contributed by atoms with Gasteiger partial charge in [-0.15, -0.1) is 11.6 Å². The molecule has 1 saturated carbocycles. The van der Waals surface area contributed by atoms with Gasteiger partial charge in [-0.25, -0.2) is 0 Å². The number of carboxylic acid groups (broad SMARTS) is 1. The van der Waals surface area contributed by atoms with Crippen molar-refractivity contribution in [2.75, 3.05) is 0 Å². The van der Waals surface area contributed by atoms with Gasteiger partial charge < -0.3 is 10.2 Å². The van der Waals surface area contributed by atoms with E-state index in [1.165, 1.54) is 5.56 Å². The first kappa shape index (κ1) is 21.6. The van der Waals surface area contributed by atoms with Crippen molar-refractivity contribution in [3.63, 3.8) is 0 Å². The molecular formula is C25H29ClO3. The zero-order valence-electron chi connectivity index (χ0n) is 16.6. The van der Waals surface area contributed by atoms with Crippen molar-refractivity contribution >= 4 is 17.6 Å². The molecule has 29 heavy (non-hydrogen) atoms. The molecular weight excluding hydrogens is 384 g/mol. The third kappa shape index (κ3) is 5.94. The van der Waals surface area contributed by atoms with Crippen molar-refractivity contribution in [2.24, 2.45) is 5.92 Å². The second-order valence-corrected chi connectivity index (χ2v) is 8.41. The highest BCUT2D eigenvalue weighted by Crippen LogP contribution is 2.45. The summed E-state index contributed by atoms with van der Waals surface area (Å²) in [6.45, 7) is 0. The number of rotatable bonds is 9. The smallest absolute Gasteiger partial charge is 0.303 e. The number of carboxylic acids is 1. The minimum absolute atomic E-state index is 0.130. The number of benzene rings is 2. The molecule has 1 fully saturated rings. The molecule has 0 spiro atoms. The molecule has 0 amide bonds. The van der Waals surface area contributed by atoms with E-state index < -0.39 is 12.1 Å². The van der Waals surface area contributed by atoms with E-state index >= 15 is 0 Å². The van der Waals surface area contributed by atoms with Crippen molar-refractivity contribution in [3.05, 3.63) is 83.4 Å². The lowest BCUT2D eigenvalue weighted by Crippen LogP contribution is -2.13. The Morgan fingerprint density at radius 2 is 1.72 bits per heavy atom. The fraction of sp³-hybridized carbons (Fsp3) is 0.400. The summed E-state index contributed by atoms with van der Waals surface area (Å²) in [7, 11) is 0. The number of unbranched alkanes of at least 4 members (excludes halogenated alkanes) is 1. The number of hydrogen-bond donors (Lipinski definition) is 2. The number of aliphatic carboxylic acids is 1. The highest BCUT2D eigenvalue weighted by Gasteiger charge is 2.35. The van der Waals surface area contributed by atoms with Gasteiger partial charge in [0.1, 0.15) is 6.10 Å². The number of aliphatic hydroxyl groups is 1. The van der Waals surface area contributed by atoms with Gasteiger partial charge >= 0.3 is 5.97 Å². The zero-order chi connectivity index (χ0) is 20.6. The Morgan fingerprint density at radius 3 is 2.41 bits per heavy atom. The summed E-state index contributed by atoms with van der Waals surface area (Å²) in [5, 5.41) is 19.4. The number of allylic oxidation sites excluding steroid dienone is 2. The normalized spacial score (nSPS) is 22.8. The third-order valence-electron chi connectivity index (χ3n) is 5.83. The Hall–Kier alpha value is -2.10. The molecule has 4 atom stereocenters. The lowest BCUT2D eigenvalue weighted by Gasteiger charge is -2.22. The molecule has 0 aliphatic heterocycles. The molecule has 0 bridgehead atoms. The Labute approximate surface area is 178 Å². The van der Waals surface area contributed by atoms with E-state index in [0.717, 1.165) is 36.8 Å². The van der Waals surface area contributed by atoms with Gasteiger partial charge in [0.05, 0.1) is 0 Å². The molecule has 2 aromatic carbocycles. The zero-order valence-corrected chi connectivity index (χ0v) is 17.3. The second-order valence-electron chi connectivity index (χ2n) is 7.85. The maximum atomic E-state index is 10.6. The summed E-state index contributed by atoms with van der Waals surface area (Å²) in [5.41, 5.74) is 3.01. The fourth-order valence-electron chi connectivity index (χ4n) is 4.26. The van der Waals surface area contributed by atoms with E-state index in [1.54, 1.807) is 0 Å². The Bertz CT molecular complexity index is 801. The van der Waals surface area contributed by atoms with E-state index in [1.807, 2.05) is 42.5 Å². The molecule has 3 rings (SSSR count). The van der Waals surface area contributed by atoms with Crippen LogP contribution in [0.3, 0.4) is 0 Å². The van der Waals surface area contributed by atoms with Crippen molar-refractivity contribution < 1.29 is 15.0 Å². The average Bonchev–Trinajstić information content (AvgIpc) is 3.11. The van der Waals surface area contributed by atoms with Gasteiger partial charge in [0.15, 0.2) is 0 Å². The van der Waals surface area contributed by atoms with Crippen molar-refractivity contribution in [2.45, 2.75) is 55.9 Å². The van der Waals surface area contributed by atoms with E-state index in [-0.39, 0.29) is 11.8 Å². The van der Waals surface area contributed by atoms with E-state index in [4.69, 9.17) is 16.7 Å². The first-order chi connectivity index (χ1) is 14.1. The monoisotopic (exact) mass is 412 g/mol. The van der Waals surface area contributed by atoms with E-state index in [2.05, 4.69) is 24.3 Å². The fourth-order valence-corrected chi connectivity index (χ4v) is 4.74. The van der Waals surface area contributed by atoms with Gasteiger partial charge in [0, 0.05) is 17.7 Å². The van der Waals surface area contributed by atoms with Gasteiger partial charge in [-0.2, -0.15) is 0 Å². The first-order valence-electron chi connectivity index (χ1n) is 10.4. The maximum Gasteiger partial charge on any atom is 0.303 e. The second kappa shape index (κ2) is 10.6. The summed E-state index contributed by atoms with van der Waals surface area (Å²) in [6.07, 6.45) is 8.46. The van der Waals surface area contributed by atoms with Crippen molar-refractivity contribution in [1.82, 2.24) is 0 Å². The highest BCUT2D eigenvalue weighted by atomic mass is 35.5. The largest absolute Gasteiger partial charge is 0.481 e. The van der Waals surface area contributed by atoms with Crippen LogP contribution in [-0.4, -0.2) is 21.6 Å². The molecule has 2 N–H and O–H groups in total. The topological polar surface area (TPSA) is 57.5 Å². The lowest BCUT2D eigenvalue weighted by molar-refractivity contribution is -0.137. The molecule has 0 heterocycles. The minimum atomic E-state index is -0.736. The van der Waals surface area contributed by atoms with Crippen LogP contribution in [0.25, 0.3) is 0 Å². The van der Waals surface area contributed by atoms with Crippen LogP contribution in [0.1, 0.15) is 67.2 Å². The molecule has 154 valence electrons. The van der Waals surface area contributed by atoms with Crippen LogP contribution in [0, 0.1) is 5.92 Å². The van der Waals surface area contributed by atoms with Crippen LogP contribution >= 0.6 is 11.6 Å². The molecule has 0 radical (unpaired) electrons. The molecule has 0 saturated heterocycles. The maximum absolute atomic E-state index is 10.6. The summed E-state index contributed by atoms with van der Waals surface area (Å²) in [5.74, 6) is 0.0708. The summed E-state index contributed by atoms with van der Waals surface area (Å²) >= 11 is 6.66. The van der Waals surface area contributed by atoms with Crippen LogP contribution in [0.4, 0.5) is 0 Å². The summed E-state index contributed by atoms with van der Waals surface area (Å²) < 4.78 is 0. The number of hydrogen-bond acceptors (Lipinski definition) is 2. The number of carbonyl (C=O) groups is 1. The molecule has 0 aromatic heterocycles. The number of alkyl halides is 1. The number of halogens is 1. The van der Waals surface area contributed by atoms with Gasteiger partial charge in [-0.3, -0.25) is 4.79 Å². The van der Waals surface area contributed by atoms with Crippen LogP contribution in [-0.2, 0) is 4.79 Å². The van der Waals surface area contributed by atoms with E-state index in [0.29, 0.717) is 18.3 Å². The number of aliphatic hydroxyl groups excluding tert-OH is 1. The van der Waals surface area contributed by atoms with Crippen molar-refractivity contribution in [1.29, 1.82) is 0 Å². The summed E-state index contributed by atoms with van der Waals surface area (Å²) in [4.78, 5) is 10.6. The molecule has 2 aromatic rings. The molecule has 1 aliphatic rings. The quantitative estimate of drug-likeness (QED) is 0.298. The molecule has 4 unspecified atom stereocenters. The summed E-state index contributed by atoms with van der Waals surface area (Å²) in [6, 6.07) is 17.9. The molecule has 3 nitrogen and oxygen atoms in total. The SMILES string of the molecule is O=C(O)CCCC=CCC1CCC(Cl)C1c1ccc(C(O)c2ccccc2)cc1. The van der Waals surface area contributed by atoms with Crippen LogP contribution < -0.4 is 0 Å². The average molecular weight is 413 g/mol. The van der Waals surface area contributed by atoms with E-state index in [9.17, 15) is 9.90 Å². The Balaban J connectivity index is 1.61. The van der Waals surface area contributed by atoms with Gasteiger partial charge in [0.25, 0.3) is 0 Å². The highest BCUT2D eigenvalue weighted by molar-refractivity contribution is 6.21.